The van der Waals surface area contributed by atoms with Crippen molar-refractivity contribution in [3.63, 3.8) is 0 Å². The molecule has 0 saturated carbocycles. The molecule has 1 aromatic carbocycles. The fourth-order valence-corrected chi connectivity index (χ4v) is 2.32. The normalized spacial score (nSPS) is 15.0. The summed E-state index contributed by atoms with van der Waals surface area (Å²) < 4.78 is 16.1. The Morgan fingerprint density at radius 3 is 2.76 bits per heavy atom. The van der Waals surface area contributed by atoms with Crippen LogP contribution in [0.4, 0.5) is 0 Å². The van der Waals surface area contributed by atoms with E-state index in [4.69, 9.17) is 19.3 Å². The molecule has 0 amide bonds. The van der Waals surface area contributed by atoms with Crippen molar-refractivity contribution in [2.45, 2.75) is 13.0 Å². The van der Waals surface area contributed by atoms with Crippen LogP contribution in [-0.4, -0.2) is 56.0 Å². The van der Waals surface area contributed by atoms with E-state index < -0.39 is 5.97 Å². The molecule has 0 aromatic heterocycles. The van der Waals surface area contributed by atoms with E-state index in [-0.39, 0.29) is 12.6 Å². The highest BCUT2D eigenvalue weighted by molar-refractivity contribution is 5.69. The van der Waals surface area contributed by atoms with Gasteiger partial charge in [0.25, 0.3) is 0 Å². The molecule has 1 unspecified atom stereocenters. The molecular weight excluding hydrogens is 274 g/mol. The van der Waals surface area contributed by atoms with Gasteiger partial charge in [0, 0.05) is 19.7 Å². The van der Waals surface area contributed by atoms with Crippen molar-refractivity contribution in [1.82, 2.24) is 4.90 Å². The van der Waals surface area contributed by atoms with Gasteiger partial charge >= 0.3 is 5.97 Å². The number of hydrogen-bond donors (Lipinski definition) is 1. The third-order valence-corrected chi connectivity index (χ3v) is 3.52. The zero-order valence-electron chi connectivity index (χ0n) is 12.4. The van der Waals surface area contributed by atoms with Gasteiger partial charge in [-0.15, -0.1) is 0 Å². The van der Waals surface area contributed by atoms with Gasteiger partial charge < -0.3 is 19.3 Å². The molecule has 0 aliphatic carbocycles. The lowest BCUT2D eigenvalue weighted by molar-refractivity contribution is -0.139. The van der Waals surface area contributed by atoms with Crippen molar-refractivity contribution >= 4 is 5.97 Å². The maximum atomic E-state index is 11.0. The van der Waals surface area contributed by atoms with Crippen molar-refractivity contribution in [2.75, 3.05) is 40.0 Å². The Hall–Kier alpha value is -1.79. The van der Waals surface area contributed by atoms with Gasteiger partial charge in [0.05, 0.1) is 13.2 Å². The van der Waals surface area contributed by atoms with E-state index in [0.717, 1.165) is 11.3 Å². The quantitative estimate of drug-likeness (QED) is 0.823. The Balaban J connectivity index is 2.14. The first-order chi connectivity index (χ1) is 10.1. The lowest BCUT2D eigenvalue weighted by Crippen LogP contribution is -2.35. The van der Waals surface area contributed by atoms with Gasteiger partial charge in [-0.25, -0.2) is 0 Å². The van der Waals surface area contributed by atoms with Crippen LogP contribution < -0.4 is 9.47 Å². The predicted molar refractivity (Wildman–Crippen MR) is 76.9 cm³/mol. The van der Waals surface area contributed by atoms with Crippen LogP contribution >= 0.6 is 0 Å². The zero-order valence-corrected chi connectivity index (χ0v) is 12.4. The second-order valence-electron chi connectivity index (χ2n) is 4.94. The van der Waals surface area contributed by atoms with E-state index in [1.807, 2.05) is 30.0 Å². The first-order valence-corrected chi connectivity index (χ1v) is 6.96. The molecular formula is C15H21NO5. The van der Waals surface area contributed by atoms with Crippen LogP contribution in [0, 0.1) is 0 Å². The van der Waals surface area contributed by atoms with Crippen LogP contribution in [0.3, 0.4) is 0 Å². The lowest BCUT2D eigenvalue weighted by Gasteiger charge is -2.28. The van der Waals surface area contributed by atoms with Gasteiger partial charge in [0.2, 0.25) is 0 Å². The van der Waals surface area contributed by atoms with Crippen molar-refractivity contribution < 1.29 is 24.1 Å². The molecule has 0 radical (unpaired) electrons. The summed E-state index contributed by atoms with van der Waals surface area (Å²) in [5.74, 6) is 0.599. The Labute approximate surface area is 124 Å². The average Bonchev–Trinajstić information content (AvgIpc) is 2.50. The molecule has 1 N–H and O–H groups in total. The van der Waals surface area contributed by atoms with E-state index in [2.05, 4.69) is 0 Å². The number of methoxy groups -OCH3 is 1. The third-order valence-electron chi connectivity index (χ3n) is 3.52. The fourth-order valence-electron chi connectivity index (χ4n) is 2.32. The van der Waals surface area contributed by atoms with Gasteiger partial charge in [-0.05, 0) is 24.6 Å². The summed E-state index contributed by atoms with van der Waals surface area (Å²) in [5.41, 5.74) is 0.997. The van der Waals surface area contributed by atoms with E-state index in [1.165, 1.54) is 0 Å². The predicted octanol–water partition coefficient (Wildman–Crippen LogP) is 1.55. The molecule has 1 atom stereocenters. The number of nitrogens with zero attached hydrogens (tertiary/aromatic N) is 1. The molecule has 6 nitrogen and oxygen atoms in total. The highest BCUT2D eigenvalue weighted by Crippen LogP contribution is 2.33. The molecule has 0 fully saturated rings. The SMILES string of the molecule is COCCN(CC(=O)O)C(C)c1ccc2c(c1)OCCO2. The largest absolute Gasteiger partial charge is 0.486 e. The van der Waals surface area contributed by atoms with Gasteiger partial charge in [0.15, 0.2) is 11.5 Å². The van der Waals surface area contributed by atoms with Crippen LogP contribution in [0.1, 0.15) is 18.5 Å². The highest BCUT2D eigenvalue weighted by atomic mass is 16.6. The van der Waals surface area contributed by atoms with Gasteiger partial charge in [-0.2, -0.15) is 0 Å². The van der Waals surface area contributed by atoms with Crippen LogP contribution in [0.2, 0.25) is 0 Å². The standard InChI is InChI=1S/C15H21NO5/c1-11(16(5-6-19-2)10-15(17)18)12-3-4-13-14(9-12)21-8-7-20-13/h3-4,9,11H,5-8,10H2,1-2H3,(H,17,18). The van der Waals surface area contributed by atoms with Crippen molar-refractivity contribution in [3.8, 4) is 11.5 Å². The molecule has 0 saturated heterocycles. The Morgan fingerprint density at radius 2 is 2.10 bits per heavy atom. The summed E-state index contributed by atoms with van der Waals surface area (Å²) in [6.45, 7) is 4.08. The smallest absolute Gasteiger partial charge is 0.317 e. The minimum absolute atomic E-state index is 0.0288. The first kappa shape index (κ1) is 15.6. The monoisotopic (exact) mass is 295 g/mol. The molecule has 1 aromatic rings. The van der Waals surface area contributed by atoms with Gasteiger partial charge in [-0.1, -0.05) is 6.07 Å². The van der Waals surface area contributed by atoms with Crippen LogP contribution in [0.25, 0.3) is 0 Å². The topological polar surface area (TPSA) is 68.2 Å². The molecule has 1 aliphatic rings. The number of aliphatic carboxylic acids is 1. The number of carboxylic acids is 1. The molecule has 21 heavy (non-hydrogen) atoms. The molecule has 1 aliphatic heterocycles. The van der Waals surface area contributed by atoms with Crippen molar-refractivity contribution in [1.29, 1.82) is 0 Å². The molecule has 1 heterocycles. The Kier molecular flexibility index (Phi) is 5.41. The average molecular weight is 295 g/mol. The van der Waals surface area contributed by atoms with E-state index in [0.29, 0.717) is 32.1 Å². The molecule has 0 spiro atoms. The second-order valence-corrected chi connectivity index (χ2v) is 4.94. The van der Waals surface area contributed by atoms with E-state index in [9.17, 15) is 4.79 Å². The molecule has 116 valence electrons. The number of carbonyl (C=O) groups is 1. The summed E-state index contributed by atoms with van der Waals surface area (Å²) in [6, 6.07) is 5.68. The Morgan fingerprint density at radius 1 is 1.38 bits per heavy atom. The Bertz CT molecular complexity index is 491. The summed E-state index contributed by atoms with van der Waals surface area (Å²) in [6.07, 6.45) is 0. The summed E-state index contributed by atoms with van der Waals surface area (Å²) in [4.78, 5) is 12.9. The summed E-state index contributed by atoms with van der Waals surface area (Å²) in [5, 5.41) is 9.04. The first-order valence-electron chi connectivity index (χ1n) is 6.96. The minimum atomic E-state index is -0.851. The molecule has 0 bridgehead atoms. The van der Waals surface area contributed by atoms with Gasteiger partial charge in [0.1, 0.15) is 13.2 Å². The number of fused-ring (bicyclic) bond motifs is 1. The lowest BCUT2D eigenvalue weighted by atomic mass is 10.1. The van der Waals surface area contributed by atoms with Crippen LogP contribution in [-0.2, 0) is 9.53 Å². The number of rotatable bonds is 7. The maximum Gasteiger partial charge on any atom is 0.317 e. The maximum absolute atomic E-state index is 11.0. The van der Waals surface area contributed by atoms with E-state index in [1.54, 1.807) is 7.11 Å². The van der Waals surface area contributed by atoms with Crippen LogP contribution in [0.5, 0.6) is 11.5 Å². The minimum Gasteiger partial charge on any atom is -0.486 e. The molecule has 2 rings (SSSR count). The van der Waals surface area contributed by atoms with Crippen molar-refractivity contribution in [2.24, 2.45) is 0 Å². The van der Waals surface area contributed by atoms with Crippen molar-refractivity contribution in [3.05, 3.63) is 23.8 Å². The third kappa shape index (κ3) is 4.09. The number of hydrogen-bond acceptors (Lipinski definition) is 5. The number of benzene rings is 1. The highest BCUT2D eigenvalue weighted by Gasteiger charge is 2.20. The van der Waals surface area contributed by atoms with Crippen LogP contribution in [0.15, 0.2) is 18.2 Å². The number of carboxylic acid groups (broad SMARTS) is 1. The fraction of sp³-hybridized carbons (Fsp3) is 0.533. The van der Waals surface area contributed by atoms with E-state index >= 15 is 0 Å². The second kappa shape index (κ2) is 7.28. The number of ether oxygens (including phenoxy) is 3. The summed E-state index contributed by atoms with van der Waals surface area (Å²) in [7, 11) is 1.60. The molecule has 6 heteroatoms. The zero-order chi connectivity index (χ0) is 15.2. The van der Waals surface area contributed by atoms with Gasteiger partial charge in [-0.3, -0.25) is 9.69 Å². The summed E-state index contributed by atoms with van der Waals surface area (Å²) >= 11 is 0.